The van der Waals surface area contributed by atoms with Crippen LogP contribution >= 0.6 is 0 Å². The maximum Gasteiger partial charge on any atom is 0.248 e. The van der Waals surface area contributed by atoms with Crippen molar-refractivity contribution in [2.45, 2.75) is 20.4 Å². The average molecular weight is 320 g/mol. The average Bonchev–Trinajstić information content (AvgIpc) is 2.56. The topological polar surface area (TPSA) is 73.1 Å². The smallest absolute Gasteiger partial charge is 0.248 e. The van der Waals surface area contributed by atoms with Gasteiger partial charge in [0, 0.05) is 6.54 Å². The predicted octanol–water partition coefficient (Wildman–Crippen LogP) is 4.08. The Hall–Kier alpha value is -3.08. The number of aromatic nitrogens is 2. The van der Waals surface area contributed by atoms with Crippen molar-refractivity contribution in [2.75, 3.05) is 11.1 Å². The van der Waals surface area contributed by atoms with E-state index in [0.717, 1.165) is 16.7 Å². The zero-order chi connectivity index (χ0) is 16.9. The fourth-order valence-electron chi connectivity index (χ4n) is 2.49. The summed E-state index contributed by atoms with van der Waals surface area (Å²) in [7, 11) is 0. The van der Waals surface area contributed by atoms with Crippen molar-refractivity contribution in [3.05, 3.63) is 71.5 Å². The van der Waals surface area contributed by atoms with E-state index in [-0.39, 0.29) is 0 Å². The lowest BCUT2D eigenvalue weighted by Gasteiger charge is -2.12. The zero-order valence-electron chi connectivity index (χ0n) is 13.8. The second-order valence-electron chi connectivity index (χ2n) is 5.71. The van der Waals surface area contributed by atoms with E-state index in [1.807, 2.05) is 56.3 Å². The van der Waals surface area contributed by atoms with Crippen molar-refractivity contribution in [3.63, 3.8) is 0 Å². The molecule has 3 aromatic rings. The van der Waals surface area contributed by atoms with Gasteiger partial charge in [-0.3, -0.25) is 0 Å². The van der Waals surface area contributed by atoms with Crippen LogP contribution in [0.5, 0.6) is 11.6 Å². The molecule has 0 radical (unpaired) electrons. The van der Waals surface area contributed by atoms with Crippen LogP contribution < -0.4 is 15.8 Å². The van der Waals surface area contributed by atoms with E-state index in [9.17, 15) is 0 Å². The van der Waals surface area contributed by atoms with Gasteiger partial charge in [0.25, 0.3) is 0 Å². The lowest BCUT2D eigenvalue weighted by atomic mass is 10.1. The number of nitrogens with zero attached hydrogens (tertiary/aromatic N) is 2. The number of anilines is 2. The second kappa shape index (κ2) is 7.00. The highest BCUT2D eigenvalue weighted by atomic mass is 16.5. The molecular weight excluding hydrogens is 300 g/mol. The SMILES string of the molecule is Cc1cc(C)cc(Oc2ncnc(NCc3ccccc3)c2N)c1. The summed E-state index contributed by atoms with van der Waals surface area (Å²) in [6, 6.07) is 16.0. The maximum atomic E-state index is 6.16. The highest BCUT2D eigenvalue weighted by Crippen LogP contribution is 2.30. The van der Waals surface area contributed by atoms with Gasteiger partial charge >= 0.3 is 0 Å². The molecule has 0 saturated carbocycles. The van der Waals surface area contributed by atoms with E-state index in [2.05, 4.69) is 21.4 Å². The highest BCUT2D eigenvalue weighted by Gasteiger charge is 2.10. The molecule has 0 aliphatic rings. The maximum absolute atomic E-state index is 6.16. The van der Waals surface area contributed by atoms with Crippen LogP contribution in [0, 0.1) is 13.8 Å². The molecule has 0 fully saturated rings. The van der Waals surface area contributed by atoms with Crippen molar-refractivity contribution < 1.29 is 4.74 Å². The summed E-state index contributed by atoms with van der Waals surface area (Å²) in [4.78, 5) is 8.35. The molecule has 3 rings (SSSR count). The lowest BCUT2D eigenvalue weighted by Crippen LogP contribution is -2.06. The number of nitrogen functional groups attached to an aromatic ring is 1. The third-order valence-electron chi connectivity index (χ3n) is 3.56. The second-order valence-corrected chi connectivity index (χ2v) is 5.71. The number of benzene rings is 2. The molecule has 24 heavy (non-hydrogen) atoms. The summed E-state index contributed by atoms with van der Waals surface area (Å²) in [6.45, 7) is 4.68. The van der Waals surface area contributed by atoms with E-state index in [0.29, 0.717) is 29.7 Å². The van der Waals surface area contributed by atoms with Crippen LogP contribution in [0.25, 0.3) is 0 Å². The number of nitrogens with one attached hydrogen (secondary N) is 1. The Morgan fingerprint density at radius 1 is 1.00 bits per heavy atom. The first-order valence-electron chi connectivity index (χ1n) is 7.76. The van der Waals surface area contributed by atoms with Gasteiger partial charge in [-0.2, -0.15) is 4.98 Å². The third kappa shape index (κ3) is 3.81. The highest BCUT2D eigenvalue weighted by molar-refractivity contribution is 5.67. The van der Waals surface area contributed by atoms with Gasteiger partial charge in [-0.25, -0.2) is 4.98 Å². The Balaban J connectivity index is 1.77. The van der Waals surface area contributed by atoms with E-state index in [4.69, 9.17) is 10.5 Å². The van der Waals surface area contributed by atoms with Crippen LogP contribution in [0.15, 0.2) is 54.9 Å². The van der Waals surface area contributed by atoms with Crippen LogP contribution in [0.2, 0.25) is 0 Å². The molecule has 122 valence electrons. The van der Waals surface area contributed by atoms with Gasteiger partial charge in [0.05, 0.1) is 0 Å². The van der Waals surface area contributed by atoms with Crippen LogP contribution in [0.1, 0.15) is 16.7 Å². The Morgan fingerprint density at radius 2 is 1.71 bits per heavy atom. The Labute approximate surface area is 141 Å². The molecule has 0 aliphatic heterocycles. The van der Waals surface area contributed by atoms with Gasteiger partial charge in [0.2, 0.25) is 5.88 Å². The summed E-state index contributed by atoms with van der Waals surface area (Å²) in [6.07, 6.45) is 1.45. The van der Waals surface area contributed by atoms with Crippen molar-refractivity contribution in [2.24, 2.45) is 0 Å². The first-order valence-corrected chi connectivity index (χ1v) is 7.76. The lowest BCUT2D eigenvalue weighted by molar-refractivity contribution is 0.464. The van der Waals surface area contributed by atoms with Crippen LogP contribution in [-0.2, 0) is 6.54 Å². The van der Waals surface area contributed by atoms with E-state index < -0.39 is 0 Å². The Kier molecular flexibility index (Phi) is 4.61. The molecule has 0 atom stereocenters. The van der Waals surface area contributed by atoms with Crippen LogP contribution in [0.3, 0.4) is 0 Å². The summed E-state index contributed by atoms with van der Waals surface area (Å²) in [5.41, 5.74) is 9.95. The summed E-state index contributed by atoms with van der Waals surface area (Å²) in [5.74, 6) is 1.63. The van der Waals surface area contributed by atoms with Gasteiger partial charge in [0.15, 0.2) is 5.82 Å². The third-order valence-corrected chi connectivity index (χ3v) is 3.56. The van der Waals surface area contributed by atoms with Gasteiger partial charge in [-0.1, -0.05) is 36.4 Å². The number of hydrogen-bond donors (Lipinski definition) is 2. The Bertz CT molecular complexity index is 814. The minimum atomic E-state index is 0.352. The zero-order valence-corrected chi connectivity index (χ0v) is 13.8. The van der Waals surface area contributed by atoms with E-state index in [1.165, 1.54) is 6.33 Å². The molecule has 5 heteroatoms. The summed E-state index contributed by atoms with van der Waals surface area (Å²) >= 11 is 0. The number of aryl methyl sites for hydroxylation is 2. The minimum absolute atomic E-state index is 0.352. The standard InChI is InChI=1S/C19H20N4O/c1-13-8-14(2)10-16(9-13)24-19-17(20)18(22-12-23-19)21-11-15-6-4-3-5-7-15/h3-10,12H,11,20H2,1-2H3,(H,21,22,23). The number of hydrogen-bond acceptors (Lipinski definition) is 5. The fourth-order valence-corrected chi connectivity index (χ4v) is 2.49. The number of rotatable bonds is 5. The molecule has 0 bridgehead atoms. The number of ether oxygens (including phenoxy) is 1. The molecule has 0 spiro atoms. The monoisotopic (exact) mass is 320 g/mol. The van der Waals surface area contributed by atoms with Gasteiger partial charge in [-0.05, 0) is 42.7 Å². The Morgan fingerprint density at radius 3 is 2.42 bits per heavy atom. The largest absolute Gasteiger partial charge is 0.437 e. The molecule has 3 N–H and O–H groups in total. The molecule has 0 saturated heterocycles. The van der Waals surface area contributed by atoms with Crippen molar-refractivity contribution in [3.8, 4) is 11.6 Å². The van der Waals surface area contributed by atoms with Crippen molar-refractivity contribution in [1.29, 1.82) is 0 Å². The minimum Gasteiger partial charge on any atom is -0.437 e. The van der Waals surface area contributed by atoms with Gasteiger partial charge < -0.3 is 15.8 Å². The van der Waals surface area contributed by atoms with Crippen LogP contribution in [-0.4, -0.2) is 9.97 Å². The number of nitrogens with two attached hydrogens (primary N) is 1. The molecule has 0 amide bonds. The fraction of sp³-hybridized carbons (Fsp3) is 0.158. The molecule has 1 aromatic heterocycles. The van der Waals surface area contributed by atoms with Crippen molar-refractivity contribution >= 4 is 11.5 Å². The van der Waals surface area contributed by atoms with Crippen LogP contribution in [0.4, 0.5) is 11.5 Å². The first-order chi connectivity index (χ1) is 11.6. The van der Waals surface area contributed by atoms with Gasteiger partial charge in [-0.15, -0.1) is 0 Å². The van der Waals surface area contributed by atoms with E-state index >= 15 is 0 Å². The molecule has 5 nitrogen and oxygen atoms in total. The van der Waals surface area contributed by atoms with E-state index in [1.54, 1.807) is 0 Å². The molecule has 1 heterocycles. The molecular formula is C19H20N4O. The normalized spacial score (nSPS) is 10.4. The van der Waals surface area contributed by atoms with Crippen molar-refractivity contribution in [1.82, 2.24) is 9.97 Å². The molecule has 0 unspecified atom stereocenters. The molecule has 2 aromatic carbocycles. The predicted molar refractivity (Wildman–Crippen MR) is 96.2 cm³/mol. The summed E-state index contributed by atoms with van der Waals surface area (Å²) < 4.78 is 5.85. The summed E-state index contributed by atoms with van der Waals surface area (Å²) in [5, 5.41) is 3.22. The van der Waals surface area contributed by atoms with Gasteiger partial charge in [0.1, 0.15) is 17.8 Å². The first kappa shape index (κ1) is 15.8. The quantitative estimate of drug-likeness (QED) is 0.741. The molecule has 0 aliphatic carbocycles.